The van der Waals surface area contributed by atoms with E-state index < -0.39 is 0 Å². The first-order chi connectivity index (χ1) is 14.2. The summed E-state index contributed by atoms with van der Waals surface area (Å²) in [5, 5.41) is 8.86. The number of hydrogen-bond donors (Lipinski definition) is 3. The van der Waals surface area contributed by atoms with Gasteiger partial charge in [0.15, 0.2) is 5.13 Å². The van der Waals surface area contributed by atoms with Crippen LogP contribution in [0.25, 0.3) is 10.2 Å². The number of thiazole rings is 1. The van der Waals surface area contributed by atoms with E-state index in [1.807, 2.05) is 36.4 Å². The van der Waals surface area contributed by atoms with Gasteiger partial charge in [-0.1, -0.05) is 41.7 Å². The molecule has 29 heavy (non-hydrogen) atoms. The van der Waals surface area contributed by atoms with E-state index in [-0.39, 0.29) is 11.9 Å². The molecule has 2 aromatic carbocycles. The Labute approximate surface area is 170 Å². The summed E-state index contributed by atoms with van der Waals surface area (Å²) in [5.41, 5.74) is 2.34. The molecule has 0 unspecified atom stereocenters. The van der Waals surface area contributed by atoms with Gasteiger partial charge >= 0.3 is 6.03 Å². The zero-order valence-electron chi connectivity index (χ0n) is 15.3. The average molecular weight is 406 g/mol. The number of amides is 3. The maximum absolute atomic E-state index is 12.2. The maximum atomic E-state index is 12.2. The molecule has 2 aromatic heterocycles. The van der Waals surface area contributed by atoms with Crippen molar-refractivity contribution in [2.24, 2.45) is 0 Å². The number of anilines is 2. The van der Waals surface area contributed by atoms with Gasteiger partial charge in [-0.15, -0.1) is 0 Å². The number of rotatable bonds is 6. The van der Waals surface area contributed by atoms with E-state index in [1.165, 1.54) is 11.3 Å². The first-order valence-corrected chi connectivity index (χ1v) is 9.79. The SMILES string of the molecule is O=C(Cc1ccccc1)Nc1nc2ccc(NC(=O)NCc3ccco3)cc2s1. The van der Waals surface area contributed by atoms with Gasteiger partial charge in [0.1, 0.15) is 5.76 Å². The van der Waals surface area contributed by atoms with E-state index >= 15 is 0 Å². The zero-order valence-corrected chi connectivity index (χ0v) is 16.2. The van der Waals surface area contributed by atoms with E-state index in [1.54, 1.807) is 30.5 Å². The van der Waals surface area contributed by atoms with Crippen molar-refractivity contribution in [1.82, 2.24) is 10.3 Å². The van der Waals surface area contributed by atoms with Crippen LogP contribution in [0, 0.1) is 0 Å². The van der Waals surface area contributed by atoms with Crippen LogP contribution in [0.15, 0.2) is 71.3 Å². The number of fused-ring (bicyclic) bond motifs is 1. The predicted molar refractivity (Wildman–Crippen MR) is 113 cm³/mol. The number of nitrogens with zero attached hydrogens (tertiary/aromatic N) is 1. The number of furan rings is 1. The molecule has 7 nitrogen and oxygen atoms in total. The van der Waals surface area contributed by atoms with Gasteiger partial charge in [0, 0.05) is 5.69 Å². The van der Waals surface area contributed by atoms with Gasteiger partial charge in [-0.2, -0.15) is 0 Å². The second-order valence-corrected chi connectivity index (χ2v) is 7.33. The van der Waals surface area contributed by atoms with E-state index in [4.69, 9.17) is 4.42 Å². The highest BCUT2D eigenvalue weighted by Gasteiger charge is 2.10. The number of nitrogens with one attached hydrogen (secondary N) is 3. The van der Waals surface area contributed by atoms with Crippen molar-refractivity contribution in [1.29, 1.82) is 0 Å². The average Bonchev–Trinajstić information content (AvgIpc) is 3.36. The first kappa shape index (κ1) is 18.7. The van der Waals surface area contributed by atoms with Gasteiger partial charge < -0.3 is 20.4 Å². The lowest BCUT2D eigenvalue weighted by Gasteiger charge is -2.06. The smallest absolute Gasteiger partial charge is 0.319 e. The standard InChI is InChI=1S/C21H18N4O3S/c26-19(11-14-5-2-1-3-6-14)25-21-24-17-9-8-15(12-18(17)29-21)23-20(27)22-13-16-7-4-10-28-16/h1-10,12H,11,13H2,(H2,22,23,27)(H,24,25,26). The number of carbonyl (C=O) groups is 2. The predicted octanol–water partition coefficient (Wildman–Crippen LogP) is 4.39. The number of carbonyl (C=O) groups excluding carboxylic acids is 2. The molecular formula is C21H18N4O3S. The van der Waals surface area contributed by atoms with Gasteiger partial charge in [0.05, 0.1) is 29.4 Å². The van der Waals surface area contributed by atoms with E-state index in [9.17, 15) is 9.59 Å². The van der Waals surface area contributed by atoms with E-state index in [0.717, 1.165) is 15.8 Å². The monoisotopic (exact) mass is 406 g/mol. The molecule has 3 N–H and O–H groups in total. The van der Waals surface area contributed by atoms with Crippen molar-refractivity contribution < 1.29 is 14.0 Å². The summed E-state index contributed by atoms with van der Waals surface area (Å²) < 4.78 is 6.04. The maximum Gasteiger partial charge on any atom is 0.319 e. The summed E-state index contributed by atoms with van der Waals surface area (Å²) in [7, 11) is 0. The minimum atomic E-state index is -0.332. The van der Waals surface area contributed by atoms with Crippen molar-refractivity contribution in [3.63, 3.8) is 0 Å². The summed E-state index contributed by atoms with van der Waals surface area (Å²) in [4.78, 5) is 28.7. The second kappa shape index (κ2) is 8.57. The van der Waals surface area contributed by atoms with Crippen LogP contribution in [-0.4, -0.2) is 16.9 Å². The number of aromatic nitrogens is 1. The third kappa shape index (κ3) is 4.99. The van der Waals surface area contributed by atoms with Gasteiger partial charge in [-0.25, -0.2) is 9.78 Å². The summed E-state index contributed by atoms with van der Waals surface area (Å²) in [6, 6.07) is 18.2. The Balaban J connectivity index is 1.37. The molecule has 4 rings (SSSR count). The molecule has 0 aliphatic rings. The van der Waals surface area contributed by atoms with Crippen LogP contribution >= 0.6 is 11.3 Å². The van der Waals surface area contributed by atoms with Crippen LogP contribution in [0.1, 0.15) is 11.3 Å². The number of urea groups is 1. The van der Waals surface area contributed by atoms with Crippen LogP contribution in [0.3, 0.4) is 0 Å². The normalized spacial score (nSPS) is 10.6. The lowest BCUT2D eigenvalue weighted by atomic mass is 10.1. The van der Waals surface area contributed by atoms with Crippen molar-refractivity contribution in [2.75, 3.05) is 10.6 Å². The molecule has 0 saturated carbocycles. The zero-order chi connectivity index (χ0) is 20.1. The van der Waals surface area contributed by atoms with Gasteiger partial charge in [-0.05, 0) is 35.9 Å². The van der Waals surface area contributed by atoms with Crippen molar-refractivity contribution in [3.05, 3.63) is 78.3 Å². The molecule has 2 heterocycles. The quantitative estimate of drug-likeness (QED) is 0.442. The molecular weight excluding hydrogens is 388 g/mol. The summed E-state index contributed by atoms with van der Waals surface area (Å²) in [5.74, 6) is 0.555. The van der Waals surface area contributed by atoms with Crippen molar-refractivity contribution in [3.8, 4) is 0 Å². The van der Waals surface area contributed by atoms with Crippen molar-refractivity contribution in [2.45, 2.75) is 13.0 Å². The number of hydrogen-bond acceptors (Lipinski definition) is 5. The molecule has 8 heteroatoms. The Bertz CT molecular complexity index is 1120. The Morgan fingerprint density at radius 1 is 1.00 bits per heavy atom. The molecule has 3 amide bonds. The number of benzene rings is 2. The van der Waals surface area contributed by atoms with E-state index in [0.29, 0.717) is 29.5 Å². The summed E-state index contributed by atoms with van der Waals surface area (Å²) >= 11 is 1.36. The third-order valence-electron chi connectivity index (χ3n) is 4.10. The van der Waals surface area contributed by atoms with Crippen LogP contribution in [-0.2, 0) is 17.8 Å². The van der Waals surface area contributed by atoms with Crippen LogP contribution in [0.4, 0.5) is 15.6 Å². The fraction of sp³-hybridized carbons (Fsp3) is 0.0952. The molecule has 0 aliphatic carbocycles. The topological polar surface area (TPSA) is 96.3 Å². The molecule has 0 bridgehead atoms. The summed E-state index contributed by atoms with van der Waals surface area (Å²) in [6.45, 7) is 0.305. The molecule has 0 fully saturated rings. The van der Waals surface area contributed by atoms with Gasteiger partial charge in [0.2, 0.25) is 5.91 Å². The molecule has 0 radical (unpaired) electrons. The minimum Gasteiger partial charge on any atom is -0.467 e. The Hall–Kier alpha value is -3.65. The lowest BCUT2D eigenvalue weighted by molar-refractivity contribution is -0.115. The third-order valence-corrected chi connectivity index (χ3v) is 5.04. The Morgan fingerprint density at radius 3 is 2.66 bits per heavy atom. The fourth-order valence-electron chi connectivity index (χ4n) is 2.76. The first-order valence-electron chi connectivity index (χ1n) is 8.97. The largest absolute Gasteiger partial charge is 0.467 e. The molecule has 0 atom stereocenters. The molecule has 146 valence electrons. The van der Waals surface area contributed by atoms with Crippen molar-refractivity contribution >= 4 is 44.3 Å². The summed E-state index contributed by atoms with van der Waals surface area (Å²) in [6.07, 6.45) is 1.85. The molecule has 0 aliphatic heterocycles. The second-order valence-electron chi connectivity index (χ2n) is 6.30. The Kier molecular flexibility index (Phi) is 5.53. The highest BCUT2D eigenvalue weighted by atomic mass is 32.1. The highest BCUT2D eigenvalue weighted by Crippen LogP contribution is 2.28. The van der Waals surface area contributed by atoms with E-state index in [2.05, 4.69) is 20.9 Å². The highest BCUT2D eigenvalue weighted by molar-refractivity contribution is 7.22. The lowest BCUT2D eigenvalue weighted by Crippen LogP contribution is -2.27. The molecule has 4 aromatic rings. The molecule has 0 spiro atoms. The fourth-order valence-corrected chi connectivity index (χ4v) is 3.68. The van der Waals surface area contributed by atoms with Crippen LogP contribution in [0.2, 0.25) is 0 Å². The van der Waals surface area contributed by atoms with Gasteiger partial charge in [0.25, 0.3) is 0 Å². The molecule has 0 saturated heterocycles. The van der Waals surface area contributed by atoms with Crippen LogP contribution < -0.4 is 16.0 Å². The minimum absolute atomic E-state index is 0.120. The van der Waals surface area contributed by atoms with Crippen LogP contribution in [0.5, 0.6) is 0 Å². The Morgan fingerprint density at radius 2 is 1.86 bits per heavy atom. The van der Waals surface area contributed by atoms with Gasteiger partial charge in [-0.3, -0.25) is 4.79 Å².